The number of benzene rings is 2. The molecule has 5 heteroatoms. The van der Waals surface area contributed by atoms with Crippen molar-refractivity contribution >= 4 is 11.7 Å². The third-order valence-corrected chi connectivity index (χ3v) is 6.41. The van der Waals surface area contributed by atoms with Crippen LogP contribution in [0.15, 0.2) is 65.9 Å². The van der Waals surface area contributed by atoms with Crippen molar-refractivity contribution < 1.29 is 19.4 Å². The van der Waals surface area contributed by atoms with Crippen LogP contribution in [0.1, 0.15) is 62.6 Å². The normalized spacial score (nSPS) is 19.1. The zero-order chi connectivity index (χ0) is 22.5. The zero-order valence-corrected chi connectivity index (χ0v) is 18.6. The lowest BCUT2D eigenvalue weighted by Crippen LogP contribution is -2.38. The molecular weight excluding hydrogens is 402 g/mol. The van der Waals surface area contributed by atoms with Gasteiger partial charge in [0.15, 0.2) is 11.5 Å². The van der Waals surface area contributed by atoms with Crippen molar-refractivity contribution in [3.8, 4) is 5.75 Å². The van der Waals surface area contributed by atoms with Crippen molar-refractivity contribution in [1.82, 2.24) is 4.90 Å². The highest BCUT2D eigenvalue weighted by Gasteiger charge is 2.46. The second-order valence-electron chi connectivity index (χ2n) is 8.64. The van der Waals surface area contributed by atoms with Crippen molar-refractivity contribution in [2.45, 2.75) is 64.0 Å². The van der Waals surface area contributed by atoms with Gasteiger partial charge in [-0.25, -0.2) is 0 Å². The van der Waals surface area contributed by atoms with Gasteiger partial charge in [0.05, 0.1) is 18.2 Å². The molecule has 1 aliphatic carbocycles. The van der Waals surface area contributed by atoms with E-state index in [1.165, 1.54) is 0 Å². The Morgan fingerprint density at radius 2 is 1.75 bits per heavy atom. The first-order valence-electron chi connectivity index (χ1n) is 11.7. The summed E-state index contributed by atoms with van der Waals surface area (Å²) in [5, 5.41) is 10.8. The highest BCUT2D eigenvalue weighted by molar-refractivity contribution is 6.09. The van der Waals surface area contributed by atoms with Crippen LogP contribution in [-0.2, 0) is 16.0 Å². The second-order valence-corrected chi connectivity index (χ2v) is 8.64. The maximum atomic E-state index is 13.3. The van der Waals surface area contributed by atoms with E-state index in [0.29, 0.717) is 13.0 Å². The van der Waals surface area contributed by atoms with Crippen molar-refractivity contribution in [2.75, 3.05) is 6.61 Å². The Balaban J connectivity index is 1.62. The largest absolute Gasteiger partial charge is 0.503 e. The first-order chi connectivity index (χ1) is 15.6. The summed E-state index contributed by atoms with van der Waals surface area (Å²) in [6, 6.07) is 16.9. The fraction of sp³-hybridized carbons (Fsp3) is 0.407. The predicted octanol–water partition coefficient (Wildman–Crippen LogP) is 5.32. The molecule has 0 aromatic heterocycles. The molecule has 2 aromatic carbocycles. The van der Waals surface area contributed by atoms with Crippen molar-refractivity contribution in [2.24, 2.45) is 0 Å². The van der Waals surface area contributed by atoms with Crippen molar-refractivity contribution in [1.29, 1.82) is 0 Å². The number of aliphatic hydroxyl groups excluding tert-OH is 1. The molecule has 5 nitrogen and oxygen atoms in total. The lowest BCUT2D eigenvalue weighted by molar-refractivity contribution is -0.131. The Labute approximate surface area is 189 Å². The van der Waals surface area contributed by atoms with Gasteiger partial charge in [0.2, 0.25) is 0 Å². The lowest BCUT2D eigenvalue weighted by atomic mass is 9.92. The monoisotopic (exact) mass is 433 g/mol. The number of carbonyl (C=O) groups is 2. The van der Waals surface area contributed by atoms with Crippen LogP contribution in [0.4, 0.5) is 0 Å². The topological polar surface area (TPSA) is 66.8 Å². The van der Waals surface area contributed by atoms with E-state index in [4.69, 9.17) is 4.74 Å². The summed E-state index contributed by atoms with van der Waals surface area (Å²) in [5.41, 5.74) is 2.13. The molecular formula is C27H31NO4. The number of aryl methyl sites for hydroxylation is 1. The molecule has 1 fully saturated rings. The summed E-state index contributed by atoms with van der Waals surface area (Å²) in [7, 11) is 0. The highest BCUT2D eigenvalue weighted by Crippen LogP contribution is 2.43. The molecule has 1 aliphatic heterocycles. The van der Waals surface area contributed by atoms with Gasteiger partial charge >= 0.3 is 0 Å². The van der Waals surface area contributed by atoms with Crippen LogP contribution in [0, 0.1) is 0 Å². The summed E-state index contributed by atoms with van der Waals surface area (Å²) in [5.74, 6) is -0.212. The number of nitrogens with zero attached hydrogens (tertiary/aromatic N) is 1. The predicted molar refractivity (Wildman–Crippen MR) is 123 cm³/mol. The summed E-state index contributed by atoms with van der Waals surface area (Å²) in [6.45, 7) is 2.69. The first kappa shape index (κ1) is 22.1. The van der Waals surface area contributed by atoms with Gasteiger partial charge in [0.1, 0.15) is 5.75 Å². The van der Waals surface area contributed by atoms with Crippen LogP contribution in [0.5, 0.6) is 5.75 Å². The molecule has 0 saturated heterocycles. The van der Waals surface area contributed by atoms with Gasteiger partial charge in [-0.3, -0.25) is 9.59 Å². The van der Waals surface area contributed by atoms with Crippen LogP contribution in [-0.4, -0.2) is 34.3 Å². The summed E-state index contributed by atoms with van der Waals surface area (Å²) in [4.78, 5) is 28.2. The summed E-state index contributed by atoms with van der Waals surface area (Å²) >= 11 is 0. The van der Waals surface area contributed by atoms with Crippen LogP contribution in [0.3, 0.4) is 0 Å². The van der Waals surface area contributed by atoms with Gasteiger partial charge < -0.3 is 14.7 Å². The molecule has 1 saturated carbocycles. The molecule has 2 aromatic rings. The standard InChI is InChI=1S/C27H31NO4/c1-2-18-32-22-15-13-20(14-16-22)25-24(23(29)17-12-19-8-4-3-5-9-19)26(30)27(31)28(25)21-10-6-7-11-21/h3-5,8-9,13-16,21,25,30H,2,6-7,10-12,17-18H2,1H3. The van der Waals surface area contributed by atoms with E-state index in [-0.39, 0.29) is 29.6 Å². The Bertz CT molecular complexity index is 974. The number of amides is 1. The molecule has 1 atom stereocenters. The van der Waals surface area contributed by atoms with E-state index in [1.54, 1.807) is 4.90 Å². The average Bonchev–Trinajstić information content (AvgIpc) is 3.44. The van der Waals surface area contributed by atoms with Gasteiger partial charge in [-0.15, -0.1) is 0 Å². The van der Waals surface area contributed by atoms with Crippen molar-refractivity contribution in [3.05, 3.63) is 77.1 Å². The zero-order valence-electron chi connectivity index (χ0n) is 18.6. The lowest BCUT2D eigenvalue weighted by Gasteiger charge is -2.32. The number of Topliss-reactive ketones (excluding diaryl/α,β-unsaturated/α-hetero) is 1. The fourth-order valence-electron chi connectivity index (χ4n) is 4.80. The molecule has 1 unspecified atom stereocenters. The minimum Gasteiger partial charge on any atom is -0.503 e. The van der Waals surface area contributed by atoms with Gasteiger partial charge in [0, 0.05) is 12.5 Å². The smallest absolute Gasteiger partial charge is 0.290 e. The summed E-state index contributed by atoms with van der Waals surface area (Å²) in [6.07, 6.45) is 5.67. The molecule has 1 heterocycles. The van der Waals surface area contributed by atoms with Gasteiger partial charge in [-0.1, -0.05) is 62.2 Å². The second kappa shape index (κ2) is 10.0. The van der Waals surface area contributed by atoms with E-state index in [9.17, 15) is 14.7 Å². The number of aliphatic hydroxyl groups is 1. The molecule has 1 N–H and O–H groups in total. The fourth-order valence-corrected chi connectivity index (χ4v) is 4.80. The van der Waals surface area contributed by atoms with Crippen molar-refractivity contribution in [3.63, 3.8) is 0 Å². The minimum atomic E-state index is -0.547. The number of ketones is 1. The van der Waals surface area contributed by atoms with E-state index >= 15 is 0 Å². The quantitative estimate of drug-likeness (QED) is 0.582. The highest BCUT2D eigenvalue weighted by atomic mass is 16.5. The Kier molecular flexibility index (Phi) is 6.93. The molecule has 32 heavy (non-hydrogen) atoms. The maximum Gasteiger partial charge on any atom is 0.290 e. The van der Waals surface area contributed by atoms with E-state index in [1.807, 2.05) is 54.6 Å². The molecule has 0 bridgehead atoms. The van der Waals surface area contributed by atoms with Crippen LogP contribution < -0.4 is 4.74 Å². The van der Waals surface area contributed by atoms with Gasteiger partial charge in [-0.2, -0.15) is 0 Å². The number of hydrogen-bond donors (Lipinski definition) is 1. The molecule has 4 rings (SSSR count). The number of rotatable bonds is 9. The minimum absolute atomic E-state index is 0.0464. The Morgan fingerprint density at radius 1 is 1.06 bits per heavy atom. The molecule has 0 radical (unpaired) electrons. The first-order valence-corrected chi connectivity index (χ1v) is 11.7. The Hall–Kier alpha value is -3.08. The average molecular weight is 434 g/mol. The summed E-state index contributed by atoms with van der Waals surface area (Å²) < 4.78 is 5.69. The number of hydrogen-bond acceptors (Lipinski definition) is 4. The number of carbonyl (C=O) groups excluding carboxylic acids is 2. The number of ether oxygens (including phenoxy) is 1. The SMILES string of the molecule is CCCOc1ccc(C2C(C(=O)CCc3ccccc3)=C(O)C(=O)N2C2CCCC2)cc1. The van der Waals surface area contributed by atoms with E-state index in [0.717, 1.165) is 49.0 Å². The molecule has 0 spiro atoms. The third-order valence-electron chi connectivity index (χ3n) is 6.41. The van der Waals surface area contributed by atoms with Crippen LogP contribution in [0.2, 0.25) is 0 Å². The van der Waals surface area contributed by atoms with Gasteiger partial charge in [-0.05, 0) is 48.9 Å². The molecule has 1 amide bonds. The molecule has 168 valence electrons. The third kappa shape index (κ3) is 4.57. The van der Waals surface area contributed by atoms with E-state index in [2.05, 4.69) is 6.92 Å². The van der Waals surface area contributed by atoms with Crippen LogP contribution >= 0.6 is 0 Å². The van der Waals surface area contributed by atoms with Gasteiger partial charge in [0.25, 0.3) is 5.91 Å². The van der Waals surface area contributed by atoms with Crippen LogP contribution in [0.25, 0.3) is 0 Å². The molecule has 2 aliphatic rings. The Morgan fingerprint density at radius 3 is 2.41 bits per heavy atom. The maximum absolute atomic E-state index is 13.3. The van der Waals surface area contributed by atoms with E-state index < -0.39 is 11.9 Å².